The lowest BCUT2D eigenvalue weighted by Gasteiger charge is -2.10. The number of hydrogen-bond acceptors (Lipinski definition) is 3. The average molecular weight is 489 g/mol. The smallest absolute Gasteiger partial charge is 0.278 e. The van der Waals surface area contributed by atoms with Crippen molar-refractivity contribution in [3.05, 3.63) is 111 Å². The summed E-state index contributed by atoms with van der Waals surface area (Å²) < 4.78 is 16.4. The van der Waals surface area contributed by atoms with Crippen molar-refractivity contribution in [1.82, 2.24) is 19.4 Å². The van der Waals surface area contributed by atoms with Crippen LogP contribution in [-0.4, -0.2) is 20.0 Å². The van der Waals surface area contributed by atoms with E-state index < -0.39 is 0 Å². The van der Waals surface area contributed by atoms with Gasteiger partial charge in [-0.3, -0.25) is 14.2 Å². The van der Waals surface area contributed by atoms with E-state index in [1.165, 1.54) is 23.0 Å². The van der Waals surface area contributed by atoms with Gasteiger partial charge >= 0.3 is 0 Å². The first kappa shape index (κ1) is 22.8. The van der Waals surface area contributed by atoms with E-state index in [1.807, 2.05) is 43.3 Å². The normalized spacial score (nSPS) is 11.3. The molecule has 0 aliphatic carbocycles. The molecule has 5 aromatic rings. The van der Waals surface area contributed by atoms with Gasteiger partial charge in [0.25, 0.3) is 5.56 Å². The van der Waals surface area contributed by atoms with Gasteiger partial charge in [0.15, 0.2) is 0 Å². The Labute approximate surface area is 205 Å². The minimum absolute atomic E-state index is 0.0583. The molecule has 2 heterocycles. The molecule has 8 heteroatoms. The summed E-state index contributed by atoms with van der Waals surface area (Å²) in [5.41, 5.74) is 4.01. The van der Waals surface area contributed by atoms with E-state index in [9.17, 15) is 14.0 Å². The predicted molar refractivity (Wildman–Crippen MR) is 135 cm³/mol. The predicted octanol–water partition coefficient (Wildman–Crippen LogP) is 4.82. The zero-order chi connectivity index (χ0) is 24.5. The number of rotatable bonds is 6. The van der Waals surface area contributed by atoms with Gasteiger partial charge in [0.1, 0.15) is 23.4 Å². The molecule has 176 valence electrons. The highest BCUT2D eigenvalue weighted by atomic mass is 35.5. The zero-order valence-corrected chi connectivity index (χ0v) is 19.7. The molecule has 0 saturated heterocycles. The average Bonchev–Trinajstić information content (AvgIpc) is 3.15. The number of hydrogen-bond donors (Lipinski definition) is 1. The second kappa shape index (κ2) is 9.35. The molecule has 0 unspecified atom stereocenters. The maximum Gasteiger partial charge on any atom is 0.278 e. The zero-order valence-electron chi connectivity index (χ0n) is 19.0. The molecule has 5 rings (SSSR count). The lowest BCUT2D eigenvalue weighted by atomic mass is 10.1. The van der Waals surface area contributed by atoms with Crippen LogP contribution in [-0.2, 0) is 24.4 Å². The van der Waals surface area contributed by atoms with Crippen molar-refractivity contribution in [2.75, 3.05) is 0 Å². The van der Waals surface area contributed by atoms with E-state index in [1.54, 1.807) is 22.8 Å². The van der Waals surface area contributed by atoms with Crippen LogP contribution in [0.3, 0.4) is 0 Å². The first-order valence-electron chi connectivity index (χ1n) is 11.1. The van der Waals surface area contributed by atoms with Gasteiger partial charge in [-0.2, -0.15) is 0 Å². The van der Waals surface area contributed by atoms with Crippen molar-refractivity contribution in [3.63, 3.8) is 0 Å². The van der Waals surface area contributed by atoms with Crippen LogP contribution in [0.4, 0.5) is 4.39 Å². The van der Waals surface area contributed by atoms with Gasteiger partial charge in [0, 0.05) is 17.0 Å². The van der Waals surface area contributed by atoms with Crippen LogP contribution in [0.2, 0.25) is 5.02 Å². The molecule has 0 spiro atoms. The molecule has 0 radical (unpaired) electrons. The number of nitrogens with zero attached hydrogens (tertiary/aromatic N) is 3. The second-order valence-corrected chi connectivity index (χ2v) is 8.88. The molecule has 0 atom stereocenters. The standard InChI is InChI=1S/C27H22ClFN4O2/c1-17-6-11-23-21(12-17)25-26(27(35)32(16-31-25)14-19-4-2-3-5-22(19)28)33(23)15-24(34)30-13-18-7-9-20(29)10-8-18/h2-12,16H,13-15H2,1H3,(H,30,34). The summed E-state index contributed by atoms with van der Waals surface area (Å²) in [5.74, 6) is -0.601. The number of halogens is 2. The number of aromatic nitrogens is 3. The minimum atomic E-state index is -0.332. The van der Waals surface area contributed by atoms with Gasteiger partial charge in [-0.05, 0) is 48.4 Å². The highest BCUT2D eigenvalue weighted by Crippen LogP contribution is 2.26. The molecule has 0 saturated carbocycles. The van der Waals surface area contributed by atoms with Crippen LogP contribution in [0.15, 0.2) is 77.9 Å². The van der Waals surface area contributed by atoms with Crippen LogP contribution in [0.1, 0.15) is 16.7 Å². The molecule has 1 amide bonds. The summed E-state index contributed by atoms with van der Waals surface area (Å²) in [7, 11) is 0. The molecule has 6 nitrogen and oxygen atoms in total. The molecule has 35 heavy (non-hydrogen) atoms. The van der Waals surface area contributed by atoms with E-state index in [-0.39, 0.29) is 36.9 Å². The van der Waals surface area contributed by atoms with E-state index in [4.69, 9.17) is 11.6 Å². The lowest BCUT2D eigenvalue weighted by molar-refractivity contribution is -0.121. The summed E-state index contributed by atoms with van der Waals surface area (Å²) in [6.07, 6.45) is 1.52. The highest BCUT2D eigenvalue weighted by Gasteiger charge is 2.19. The Balaban J connectivity index is 1.54. The van der Waals surface area contributed by atoms with Gasteiger partial charge < -0.3 is 9.88 Å². The van der Waals surface area contributed by atoms with Crippen LogP contribution >= 0.6 is 11.6 Å². The number of amides is 1. The highest BCUT2D eigenvalue weighted by molar-refractivity contribution is 6.31. The fourth-order valence-corrected chi connectivity index (χ4v) is 4.40. The van der Waals surface area contributed by atoms with Crippen molar-refractivity contribution >= 4 is 39.4 Å². The number of aryl methyl sites for hydroxylation is 1. The van der Waals surface area contributed by atoms with Crippen molar-refractivity contribution in [2.45, 2.75) is 26.6 Å². The van der Waals surface area contributed by atoms with Gasteiger partial charge in [0.05, 0.1) is 18.4 Å². The molecule has 0 aliphatic rings. The number of carbonyl (C=O) groups is 1. The number of fused-ring (bicyclic) bond motifs is 3. The van der Waals surface area contributed by atoms with Crippen molar-refractivity contribution in [1.29, 1.82) is 0 Å². The van der Waals surface area contributed by atoms with E-state index >= 15 is 0 Å². The molecule has 3 aromatic carbocycles. The van der Waals surface area contributed by atoms with Crippen LogP contribution in [0.5, 0.6) is 0 Å². The Kier molecular flexibility index (Phi) is 6.09. The molecular formula is C27H22ClFN4O2. The van der Waals surface area contributed by atoms with E-state index in [0.717, 1.165) is 27.6 Å². The van der Waals surface area contributed by atoms with Crippen LogP contribution < -0.4 is 10.9 Å². The Hall–Kier alpha value is -3.97. The van der Waals surface area contributed by atoms with E-state index in [0.29, 0.717) is 16.1 Å². The monoisotopic (exact) mass is 488 g/mol. The van der Waals surface area contributed by atoms with Crippen LogP contribution in [0.25, 0.3) is 21.9 Å². The van der Waals surface area contributed by atoms with Gasteiger partial charge in [-0.1, -0.05) is 53.6 Å². The maximum absolute atomic E-state index is 13.6. The third-order valence-corrected chi connectivity index (χ3v) is 6.35. The van der Waals surface area contributed by atoms with Crippen molar-refractivity contribution in [2.24, 2.45) is 0 Å². The molecule has 0 aliphatic heterocycles. The molecule has 0 fully saturated rings. The fraction of sp³-hybridized carbons (Fsp3) is 0.148. The molecular weight excluding hydrogens is 467 g/mol. The number of carbonyl (C=O) groups excluding carboxylic acids is 1. The third-order valence-electron chi connectivity index (χ3n) is 5.99. The molecule has 2 aromatic heterocycles. The van der Waals surface area contributed by atoms with Crippen molar-refractivity contribution in [3.8, 4) is 0 Å². The summed E-state index contributed by atoms with van der Waals surface area (Å²) in [5, 5.41) is 4.23. The quantitative estimate of drug-likeness (QED) is 0.372. The number of nitrogens with one attached hydrogen (secondary N) is 1. The topological polar surface area (TPSA) is 68.9 Å². The SMILES string of the molecule is Cc1ccc2c(c1)c1ncn(Cc3ccccc3Cl)c(=O)c1n2CC(=O)NCc1ccc(F)cc1. The Morgan fingerprint density at radius 3 is 2.63 bits per heavy atom. The summed E-state index contributed by atoms with van der Waals surface area (Å²) >= 11 is 6.31. The summed E-state index contributed by atoms with van der Waals surface area (Å²) in [4.78, 5) is 31.1. The largest absolute Gasteiger partial charge is 0.350 e. The first-order chi connectivity index (χ1) is 16.9. The summed E-state index contributed by atoms with van der Waals surface area (Å²) in [6, 6.07) is 19.1. The minimum Gasteiger partial charge on any atom is -0.350 e. The summed E-state index contributed by atoms with van der Waals surface area (Å²) in [6.45, 7) is 2.43. The molecule has 0 bridgehead atoms. The van der Waals surface area contributed by atoms with Crippen molar-refractivity contribution < 1.29 is 9.18 Å². The van der Waals surface area contributed by atoms with E-state index in [2.05, 4.69) is 10.3 Å². The van der Waals surface area contributed by atoms with Crippen LogP contribution in [0, 0.1) is 12.7 Å². The van der Waals surface area contributed by atoms with Gasteiger partial charge in [-0.15, -0.1) is 0 Å². The first-order valence-corrected chi connectivity index (χ1v) is 11.5. The van der Waals surface area contributed by atoms with Gasteiger partial charge in [-0.25, -0.2) is 9.37 Å². The Morgan fingerprint density at radius 2 is 1.86 bits per heavy atom. The maximum atomic E-state index is 13.6. The molecule has 1 N–H and O–H groups in total. The lowest BCUT2D eigenvalue weighted by Crippen LogP contribution is -2.29. The number of benzene rings is 3. The Morgan fingerprint density at radius 1 is 1.09 bits per heavy atom. The third kappa shape index (κ3) is 4.55. The Bertz CT molecular complexity index is 1620. The second-order valence-electron chi connectivity index (χ2n) is 8.48. The van der Waals surface area contributed by atoms with Gasteiger partial charge in [0.2, 0.25) is 5.91 Å². The fourth-order valence-electron chi connectivity index (χ4n) is 4.20.